The van der Waals surface area contributed by atoms with Gasteiger partial charge in [0.25, 0.3) is 5.89 Å². The van der Waals surface area contributed by atoms with Gasteiger partial charge in [0.1, 0.15) is 11.6 Å². The summed E-state index contributed by atoms with van der Waals surface area (Å²) in [4.78, 5) is 4.16. The molecule has 5 heteroatoms. The predicted octanol–water partition coefficient (Wildman–Crippen LogP) is 3.17. The minimum atomic E-state index is -0.460. The van der Waals surface area contributed by atoms with Crippen LogP contribution in [0.2, 0.25) is 0 Å². The number of benzene rings is 1. The molecule has 0 saturated heterocycles. The molecular weight excluding hydrogens is 235 g/mol. The van der Waals surface area contributed by atoms with E-state index in [0.717, 1.165) is 0 Å². The van der Waals surface area contributed by atoms with Gasteiger partial charge in [-0.2, -0.15) is 4.98 Å². The van der Waals surface area contributed by atoms with E-state index in [1.807, 2.05) is 0 Å². The van der Waals surface area contributed by atoms with Crippen molar-refractivity contribution in [3.63, 3.8) is 0 Å². The number of rotatable bonds is 2. The molecule has 0 atom stereocenters. The maximum absolute atomic E-state index is 13.1. The van der Waals surface area contributed by atoms with Crippen molar-refractivity contribution in [1.82, 2.24) is 10.1 Å². The first kappa shape index (κ1) is 12.5. The van der Waals surface area contributed by atoms with E-state index in [4.69, 9.17) is 4.52 Å². The van der Waals surface area contributed by atoms with Gasteiger partial charge in [-0.25, -0.2) is 4.39 Å². The number of aromatic nitrogens is 2. The van der Waals surface area contributed by atoms with Gasteiger partial charge in [-0.15, -0.1) is 0 Å². The molecule has 1 aromatic carbocycles. The zero-order chi connectivity index (χ0) is 13.3. The number of hydrogen-bond donors (Lipinski definition) is 1. The van der Waals surface area contributed by atoms with Gasteiger partial charge >= 0.3 is 0 Å². The van der Waals surface area contributed by atoms with Gasteiger partial charge in [0, 0.05) is 6.42 Å². The zero-order valence-electron chi connectivity index (χ0n) is 10.6. The first-order chi connectivity index (χ1) is 8.35. The minimum Gasteiger partial charge on any atom is -0.507 e. The van der Waals surface area contributed by atoms with Crippen LogP contribution in [-0.2, 0) is 6.42 Å². The summed E-state index contributed by atoms with van der Waals surface area (Å²) in [6, 6.07) is 3.60. The molecule has 0 aliphatic rings. The van der Waals surface area contributed by atoms with E-state index in [0.29, 0.717) is 12.2 Å². The van der Waals surface area contributed by atoms with Gasteiger partial charge in [0.05, 0.1) is 5.56 Å². The molecule has 0 saturated carbocycles. The lowest BCUT2D eigenvalue weighted by Crippen LogP contribution is -2.10. The van der Waals surface area contributed by atoms with Crippen molar-refractivity contribution in [1.29, 1.82) is 0 Å². The van der Waals surface area contributed by atoms with E-state index in [9.17, 15) is 9.50 Å². The van der Waals surface area contributed by atoms with Crippen LogP contribution in [0, 0.1) is 11.2 Å². The van der Waals surface area contributed by atoms with Crippen LogP contribution < -0.4 is 0 Å². The summed E-state index contributed by atoms with van der Waals surface area (Å²) in [6.45, 7) is 6.17. The molecule has 0 aliphatic heterocycles. The second kappa shape index (κ2) is 4.40. The first-order valence-electron chi connectivity index (χ1n) is 5.67. The number of nitrogens with zero attached hydrogens (tertiary/aromatic N) is 2. The lowest BCUT2D eigenvalue weighted by Gasteiger charge is -2.14. The normalized spacial score (nSPS) is 11.8. The molecule has 1 heterocycles. The van der Waals surface area contributed by atoms with Crippen LogP contribution in [0.4, 0.5) is 4.39 Å². The molecule has 0 radical (unpaired) electrons. The molecule has 1 aromatic heterocycles. The average molecular weight is 250 g/mol. The van der Waals surface area contributed by atoms with Crippen LogP contribution in [-0.4, -0.2) is 15.2 Å². The highest BCUT2D eigenvalue weighted by atomic mass is 19.1. The highest BCUT2D eigenvalue weighted by Gasteiger charge is 2.18. The largest absolute Gasteiger partial charge is 0.507 e. The molecule has 2 aromatic rings. The Morgan fingerprint density at radius 3 is 2.72 bits per heavy atom. The number of phenolic OH excluding ortho intramolecular Hbond substituents is 1. The van der Waals surface area contributed by atoms with E-state index in [1.165, 1.54) is 18.2 Å². The molecular formula is C13H15FN2O2. The average Bonchev–Trinajstić information content (AvgIpc) is 2.67. The number of hydrogen-bond acceptors (Lipinski definition) is 4. The number of phenols is 1. The van der Waals surface area contributed by atoms with Crippen molar-refractivity contribution in [2.24, 2.45) is 5.41 Å². The van der Waals surface area contributed by atoms with Gasteiger partial charge < -0.3 is 9.63 Å². The second-order valence-corrected chi connectivity index (χ2v) is 5.41. The van der Waals surface area contributed by atoms with Crippen molar-refractivity contribution in [3.8, 4) is 17.2 Å². The van der Waals surface area contributed by atoms with Crippen molar-refractivity contribution in [2.45, 2.75) is 27.2 Å². The fraction of sp³-hybridized carbons (Fsp3) is 0.385. The maximum atomic E-state index is 13.1. The van der Waals surface area contributed by atoms with Crippen LogP contribution >= 0.6 is 0 Å². The fourth-order valence-corrected chi connectivity index (χ4v) is 1.59. The molecule has 0 spiro atoms. The molecule has 4 nitrogen and oxygen atoms in total. The summed E-state index contributed by atoms with van der Waals surface area (Å²) in [7, 11) is 0. The van der Waals surface area contributed by atoms with E-state index in [-0.39, 0.29) is 22.6 Å². The standard InChI is InChI=1S/C13H15FN2O2/c1-13(2,3)7-11-15-12(18-16-11)9-6-8(14)4-5-10(9)17/h4-6,17H,7H2,1-3H3. The van der Waals surface area contributed by atoms with E-state index >= 15 is 0 Å². The topological polar surface area (TPSA) is 59.2 Å². The van der Waals surface area contributed by atoms with Gasteiger partial charge in [-0.05, 0) is 23.6 Å². The van der Waals surface area contributed by atoms with Crippen molar-refractivity contribution in [2.75, 3.05) is 0 Å². The van der Waals surface area contributed by atoms with Gasteiger partial charge in [-0.1, -0.05) is 25.9 Å². The fourth-order valence-electron chi connectivity index (χ4n) is 1.59. The Kier molecular flexibility index (Phi) is 3.07. The van der Waals surface area contributed by atoms with Crippen LogP contribution in [0.1, 0.15) is 26.6 Å². The highest BCUT2D eigenvalue weighted by Crippen LogP contribution is 2.29. The summed E-state index contributed by atoms with van der Waals surface area (Å²) in [6.07, 6.45) is 0.645. The third-order valence-corrected chi connectivity index (χ3v) is 2.35. The SMILES string of the molecule is CC(C)(C)Cc1noc(-c2cc(F)ccc2O)n1. The maximum Gasteiger partial charge on any atom is 0.261 e. The van der Waals surface area contributed by atoms with E-state index < -0.39 is 5.82 Å². The van der Waals surface area contributed by atoms with Crippen LogP contribution in [0.3, 0.4) is 0 Å². The van der Waals surface area contributed by atoms with Crippen LogP contribution in [0.25, 0.3) is 11.5 Å². The Labute approximate surface area is 104 Å². The molecule has 0 bridgehead atoms. The monoisotopic (exact) mass is 250 g/mol. The Morgan fingerprint density at radius 1 is 1.33 bits per heavy atom. The smallest absolute Gasteiger partial charge is 0.261 e. The Balaban J connectivity index is 2.32. The molecule has 0 fully saturated rings. The lowest BCUT2D eigenvalue weighted by molar-refractivity contribution is 0.374. The Morgan fingerprint density at radius 2 is 2.06 bits per heavy atom. The summed E-state index contributed by atoms with van der Waals surface area (Å²) in [5.74, 6) is 0.133. The first-order valence-corrected chi connectivity index (χ1v) is 5.67. The molecule has 0 unspecified atom stereocenters. The zero-order valence-corrected chi connectivity index (χ0v) is 10.6. The molecule has 18 heavy (non-hydrogen) atoms. The second-order valence-electron chi connectivity index (χ2n) is 5.41. The molecule has 0 amide bonds. The molecule has 0 aliphatic carbocycles. The van der Waals surface area contributed by atoms with E-state index in [1.54, 1.807) is 0 Å². The van der Waals surface area contributed by atoms with E-state index in [2.05, 4.69) is 30.9 Å². The Bertz CT molecular complexity index is 558. The van der Waals surface area contributed by atoms with Crippen molar-refractivity contribution < 1.29 is 14.0 Å². The third-order valence-electron chi connectivity index (χ3n) is 2.35. The van der Waals surface area contributed by atoms with Crippen LogP contribution in [0.15, 0.2) is 22.7 Å². The molecule has 1 N–H and O–H groups in total. The minimum absolute atomic E-state index is 0.0329. The van der Waals surface area contributed by atoms with Crippen molar-refractivity contribution >= 4 is 0 Å². The van der Waals surface area contributed by atoms with Gasteiger partial charge in [-0.3, -0.25) is 0 Å². The highest BCUT2D eigenvalue weighted by molar-refractivity contribution is 5.61. The summed E-state index contributed by atoms with van der Waals surface area (Å²) in [5.41, 5.74) is 0.244. The molecule has 2 rings (SSSR count). The molecule has 96 valence electrons. The quantitative estimate of drug-likeness (QED) is 0.889. The Hall–Kier alpha value is -1.91. The number of aromatic hydroxyl groups is 1. The van der Waals surface area contributed by atoms with Gasteiger partial charge in [0.15, 0.2) is 5.82 Å². The third kappa shape index (κ3) is 2.85. The number of halogens is 1. The summed E-state index contributed by atoms with van der Waals surface area (Å²) >= 11 is 0. The summed E-state index contributed by atoms with van der Waals surface area (Å²) < 4.78 is 18.2. The van der Waals surface area contributed by atoms with Crippen molar-refractivity contribution in [3.05, 3.63) is 29.8 Å². The van der Waals surface area contributed by atoms with Gasteiger partial charge in [0.2, 0.25) is 0 Å². The van der Waals surface area contributed by atoms with Crippen LogP contribution in [0.5, 0.6) is 5.75 Å². The predicted molar refractivity (Wildman–Crippen MR) is 64.5 cm³/mol. The summed E-state index contributed by atoms with van der Waals surface area (Å²) in [5, 5.41) is 13.5. The lowest BCUT2D eigenvalue weighted by atomic mass is 9.92.